The van der Waals surface area contributed by atoms with E-state index in [-0.39, 0.29) is 0 Å². The monoisotopic (exact) mass is 300 g/mol. The summed E-state index contributed by atoms with van der Waals surface area (Å²) in [6, 6.07) is 10.9. The van der Waals surface area contributed by atoms with Gasteiger partial charge in [0, 0.05) is 26.2 Å². The lowest BCUT2D eigenvalue weighted by Crippen LogP contribution is -2.40. The fourth-order valence-electron chi connectivity index (χ4n) is 3.40. The van der Waals surface area contributed by atoms with Crippen molar-refractivity contribution in [1.29, 1.82) is 0 Å². The molecule has 0 saturated carbocycles. The number of likely N-dealkylation sites (tertiary alicyclic amines) is 1. The van der Waals surface area contributed by atoms with E-state index in [2.05, 4.69) is 67.1 Å². The largest absolute Gasteiger partial charge is 0.306 e. The first-order valence-electron chi connectivity index (χ1n) is 8.74. The molecule has 0 bridgehead atoms. The van der Waals surface area contributed by atoms with Crippen LogP contribution in [-0.4, -0.2) is 49.6 Å². The molecule has 2 rings (SSSR count). The molecule has 0 amide bonds. The lowest BCUT2D eigenvalue weighted by atomic mass is 9.97. The zero-order valence-corrected chi connectivity index (χ0v) is 14.6. The molecule has 0 spiro atoms. The maximum absolute atomic E-state index is 2.66. The van der Waals surface area contributed by atoms with E-state index in [1.54, 1.807) is 0 Å². The highest BCUT2D eigenvalue weighted by Gasteiger charge is 2.20. The van der Waals surface area contributed by atoms with Gasteiger partial charge in [-0.1, -0.05) is 42.0 Å². The van der Waals surface area contributed by atoms with E-state index in [0.717, 1.165) is 25.4 Å². The van der Waals surface area contributed by atoms with Crippen molar-refractivity contribution in [2.24, 2.45) is 5.92 Å². The van der Waals surface area contributed by atoms with Crippen LogP contribution in [0.2, 0.25) is 0 Å². The molecule has 1 fully saturated rings. The minimum absolute atomic E-state index is 0.833. The highest BCUT2D eigenvalue weighted by Crippen LogP contribution is 2.17. The number of hydrogen-bond acceptors (Lipinski definition) is 2. The molecule has 0 aromatic heterocycles. The third kappa shape index (κ3) is 5.94. The van der Waals surface area contributed by atoms with E-state index in [0.29, 0.717) is 0 Å². The summed E-state index contributed by atoms with van der Waals surface area (Å²) in [5, 5.41) is 0. The Morgan fingerprint density at radius 3 is 2.77 bits per heavy atom. The summed E-state index contributed by atoms with van der Waals surface area (Å²) in [6.45, 7) is 10.5. The van der Waals surface area contributed by atoms with E-state index in [1.165, 1.54) is 43.6 Å². The summed E-state index contributed by atoms with van der Waals surface area (Å²) in [6.07, 6.45) is 6.15. The molecule has 1 saturated heterocycles. The van der Waals surface area contributed by atoms with Crippen LogP contribution in [-0.2, 0) is 6.42 Å². The van der Waals surface area contributed by atoms with Gasteiger partial charge in [0.2, 0.25) is 0 Å². The normalized spacial score (nSPS) is 20.5. The number of hydrogen-bond donors (Lipinski definition) is 0. The quantitative estimate of drug-likeness (QED) is 0.706. The predicted octanol–water partition coefficient (Wildman–Crippen LogP) is 3.84. The van der Waals surface area contributed by atoms with E-state index in [1.807, 2.05) is 0 Å². The third-order valence-electron chi connectivity index (χ3n) is 4.76. The highest BCUT2D eigenvalue weighted by atomic mass is 15.1. The van der Waals surface area contributed by atoms with E-state index < -0.39 is 0 Å². The van der Waals surface area contributed by atoms with Crippen LogP contribution in [0.5, 0.6) is 0 Å². The van der Waals surface area contributed by atoms with Crippen molar-refractivity contribution in [3.8, 4) is 0 Å². The van der Waals surface area contributed by atoms with E-state index in [4.69, 9.17) is 0 Å². The summed E-state index contributed by atoms with van der Waals surface area (Å²) < 4.78 is 0. The molecule has 22 heavy (non-hydrogen) atoms. The van der Waals surface area contributed by atoms with Crippen molar-refractivity contribution in [3.63, 3.8) is 0 Å². The lowest BCUT2D eigenvalue weighted by Gasteiger charge is -2.34. The number of benzene rings is 1. The zero-order valence-electron chi connectivity index (χ0n) is 14.6. The third-order valence-corrected chi connectivity index (χ3v) is 4.76. The van der Waals surface area contributed by atoms with Crippen LogP contribution in [0.1, 0.15) is 32.3 Å². The van der Waals surface area contributed by atoms with Crippen molar-refractivity contribution in [2.75, 3.05) is 39.8 Å². The van der Waals surface area contributed by atoms with Gasteiger partial charge in [-0.2, -0.15) is 0 Å². The first-order valence-corrected chi connectivity index (χ1v) is 8.74. The Hall–Kier alpha value is -1.12. The van der Waals surface area contributed by atoms with Gasteiger partial charge in [-0.05, 0) is 58.2 Å². The van der Waals surface area contributed by atoms with Gasteiger partial charge < -0.3 is 4.90 Å². The predicted molar refractivity (Wildman–Crippen MR) is 96.2 cm³/mol. The van der Waals surface area contributed by atoms with Crippen LogP contribution < -0.4 is 0 Å². The fraction of sp³-hybridized carbons (Fsp3) is 0.600. The Morgan fingerprint density at radius 2 is 2.09 bits per heavy atom. The van der Waals surface area contributed by atoms with Crippen LogP contribution in [0.25, 0.3) is 0 Å². The summed E-state index contributed by atoms with van der Waals surface area (Å²) in [4.78, 5) is 5.15. The van der Waals surface area contributed by atoms with Crippen molar-refractivity contribution in [2.45, 2.75) is 33.1 Å². The molecule has 1 aromatic rings. The summed E-state index contributed by atoms with van der Waals surface area (Å²) in [5.74, 6) is 0.833. The summed E-state index contributed by atoms with van der Waals surface area (Å²) in [5.41, 5.74) is 2.93. The molecule has 1 unspecified atom stereocenters. The van der Waals surface area contributed by atoms with Gasteiger partial charge in [-0.15, -0.1) is 0 Å². The van der Waals surface area contributed by atoms with Gasteiger partial charge >= 0.3 is 0 Å². The average Bonchev–Trinajstić information content (AvgIpc) is 2.53. The number of piperidine rings is 1. The van der Waals surface area contributed by atoms with Gasteiger partial charge in [0.1, 0.15) is 0 Å². The molecule has 0 N–H and O–H groups in total. The topological polar surface area (TPSA) is 6.48 Å². The molecule has 0 aliphatic carbocycles. The van der Waals surface area contributed by atoms with Crippen LogP contribution in [0.3, 0.4) is 0 Å². The molecular formula is C20H32N2. The Kier molecular flexibility index (Phi) is 7.14. The zero-order chi connectivity index (χ0) is 15.8. The van der Waals surface area contributed by atoms with Crippen molar-refractivity contribution in [1.82, 2.24) is 9.80 Å². The molecule has 2 nitrogen and oxygen atoms in total. The first-order chi connectivity index (χ1) is 10.7. The maximum Gasteiger partial charge on any atom is 0.0190 e. The molecule has 1 aliphatic heterocycles. The highest BCUT2D eigenvalue weighted by molar-refractivity contribution is 5.15. The van der Waals surface area contributed by atoms with Gasteiger partial charge in [0.05, 0.1) is 0 Å². The summed E-state index contributed by atoms with van der Waals surface area (Å²) >= 11 is 0. The van der Waals surface area contributed by atoms with Crippen LogP contribution >= 0.6 is 0 Å². The average molecular weight is 300 g/mol. The molecule has 122 valence electrons. The van der Waals surface area contributed by atoms with E-state index >= 15 is 0 Å². The van der Waals surface area contributed by atoms with Gasteiger partial charge in [0.15, 0.2) is 0 Å². The van der Waals surface area contributed by atoms with Crippen molar-refractivity contribution in [3.05, 3.63) is 47.5 Å². The molecule has 0 radical (unpaired) electrons. The number of rotatable bonds is 7. The standard InChI is InChI=1S/C20H32N2/c1-4-18(2)15-22(14-12-19-9-6-5-7-10-19)17-20-11-8-13-21(3)16-20/h4-7,9-10,20H,8,11-17H2,1-3H3/b18-4+. The lowest BCUT2D eigenvalue weighted by molar-refractivity contribution is 0.158. The smallest absolute Gasteiger partial charge is 0.0190 e. The van der Waals surface area contributed by atoms with Crippen LogP contribution in [0.15, 0.2) is 42.0 Å². The summed E-state index contributed by atoms with van der Waals surface area (Å²) in [7, 11) is 2.26. The van der Waals surface area contributed by atoms with Crippen LogP contribution in [0, 0.1) is 5.92 Å². The van der Waals surface area contributed by atoms with Gasteiger partial charge in [-0.25, -0.2) is 0 Å². The molecule has 1 aromatic carbocycles. The Labute approximate surface area is 136 Å². The van der Waals surface area contributed by atoms with E-state index in [9.17, 15) is 0 Å². The van der Waals surface area contributed by atoms with Crippen LogP contribution in [0.4, 0.5) is 0 Å². The molecule has 1 aliphatic rings. The first kappa shape index (κ1) is 17.2. The molecular weight excluding hydrogens is 268 g/mol. The fourth-order valence-corrected chi connectivity index (χ4v) is 3.40. The minimum Gasteiger partial charge on any atom is -0.306 e. The second-order valence-corrected chi connectivity index (χ2v) is 6.88. The van der Waals surface area contributed by atoms with Gasteiger partial charge in [-0.3, -0.25) is 4.90 Å². The number of nitrogens with zero attached hydrogens (tertiary/aromatic N) is 2. The van der Waals surface area contributed by atoms with Crippen molar-refractivity contribution < 1.29 is 0 Å². The van der Waals surface area contributed by atoms with Gasteiger partial charge in [0.25, 0.3) is 0 Å². The second kappa shape index (κ2) is 9.12. The Morgan fingerprint density at radius 1 is 1.32 bits per heavy atom. The Bertz CT molecular complexity index is 452. The Balaban J connectivity index is 1.90. The number of allylic oxidation sites excluding steroid dienone is 1. The SMILES string of the molecule is C/C=C(\C)CN(CCc1ccccc1)CC1CCCN(C)C1. The van der Waals surface area contributed by atoms with Crippen molar-refractivity contribution >= 4 is 0 Å². The molecule has 2 heteroatoms. The maximum atomic E-state index is 2.66. The minimum atomic E-state index is 0.833. The molecule has 1 heterocycles. The second-order valence-electron chi connectivity index (χ2n) is 6.88. The molecule has 1 atom stereocenters.